The fourth-order valence-corrected chi connectivity index (χ4v) is 7.10. The van der Waals surface area contributed by atoms with Crippen LogP contribution in [-0.2, 0) is 30.3 Å². The summed E-state index contributed by atoms with van der Waals surface area (Å²) in [5.41, 5.74) is 3.12. The maximum absolute atomic E-state index is 14.1. The number of aromatic hydroxyl groups is 1. The zero-order chi connectivity index (χ0) is 32.8. The number of aliphatic hydroxyl groups is 1. The summed E-state index contributed by atoms with van der Waals surface area (Å²) in [6, 6.07) is 0.319. The number of carbonyl (C=O) groups is 6. The number of nitrogens with two attached hydrogens (primary N) is 1. The number of benzene rings is 1. The Labute approximate surface area is 255 Å². The van der Waals surface area contributed by atoms with E-state index < -0.39 is 76.2 Å². The number of ketones is 4. The largest absolute Gasteiger partial charge is 0.505 e. The molecule has 0 saturated heterocycles. The van der Waals surface area contributed by atoms with Gasteiger partial charge in [0, 0.05) is 32.2 Å². The second-order valence-corrected chi connectivity index (χ2v) is 12.1. The lowest BCUT2D eigenvalue weighted by atomic mass is 9.52. The summed E-state index contributed by atoms with van der Waals surface area (Å²) >= 11 is 0. The van der Waals surface area contributed by atoms with E-state index in [1.165, 1.54) is 25.1 Å². The molecule has 5 N–H and O–H groups in total. The first-order chi connectivity index (χ1) is 20.6. The first kappa shape index (κ1) is 33.0. The highest BCUT2D eigenvalue weighted by Gasteiger charge is 2.69. The third-order valence-electron chi connectivity index (χ3n) is 9.29. The molecule has 240 valence electrons. The van der Waals surface area contributed by atoms with E-state index in [2.05, 4.69) is 10.2 Å². The van der Waals surface area contributed by atoms with Crippen molar-refractivity contribution in [3.05, 3.63) is 17.2 Å². The van der Waals surface area contributed by atoms with E-state index in [4.69, 9.17) is 10.5 Å². The minimum Gasteiger partial charge on any atom is -0.505 e. The van der Waals surface area contributed by atoms with E-state index in [-0.39, 0.29) is 30.7 Å². The van der Waals surface area contributed by atoms with Gasteiger partial charge >= 0.3 is 6.09 Å². The smallest absolute Gasteiger partial charge is 0.411 e. The van der Waals surface area contributed by atoms with Gasteiger partial charge in [-0.1, -0.05) is 13.8 Å². The molecule has 0 bridgehead atoms. The highest BCUT2D eigenvalue weighted by molar-refractivity contribution is 6.32. The van der Waals surface area contributed by atoms with E-state index in [1.54, 1.807) is 19.0 Å². The Morgan fingerprint density at radius 2 is 1.73 bits per heavy atom. The van der Waals surface area contributed by atoms with Crippen LogP contribution in [0.25, 0.3) is 0 Å². The van der Waals surface area contributed by atoms with Gasteiger partial charge in [-0.2, -0.15) is 0 Å². The van der Waals surface area contributed by atoms with E-state index in [9.17, 15) is 39.0 Å². The molecule has 0 spiro atoms. The summed E-state index contributed by atoms with van der Waals surface area (Å²) in [7, 11) is 6.48. The molecular formula is C30H41N5O9. The number of hydrogen-bond acceptors (Lipinski definition) is 12. The van der Waals surface area contributed by atoms with Gasteiger partial charge in [0.15, 0.2) is 34.7 Å². The molecular weight excluding hydrogens is 574 g/mol. The molecule has 3 aliphatic rings. The van der Waals surface area contributed by atoms with Crippen molar-refractivity contribution in [2.45, 2.75) is 38.3 Å². The van der Waals surface area contributed by atoms with Crippen LogP contribution in [0.4, 0.5) is 16.2 Å². The number of fused-ring (bicyclic) bond motifs is 3. The second-order valence-electron chi connectivity index (χ2n) is 12.1. The molecule has 0 aromatic heterocycles. The van der Waals surface area contributed by atoms with Crippen molar-refractivity contribution in [3.63, 3.8) is 0 Å². The van der Waals surface area contributed by atoms with Crippen LogP contribution in [0.15, 0.2) is 6.07 Å². The third-order valence-corrected chi connectivity index (χ3v) is 9.29. The molecule has 0 radical (unpaired) electrons. The number of ether oxygens (including phenoxy) is 1. The molecule has 14 heteroatoms. The first-order valence-corrected chi connectivity index (χ1v) is 14.7. The molecule has 0 aliphatic heterocycles. The van der Waals surface area contributed by atoms with Gasteiger partial charge in [-0.05, 0) is 57.6 Å². The number of amides is 2. The maximum atomic E-state index is 14.1. The Kier molecular flexibility index (Phi) is 9.19. The van der Waals surface area contributed by atoms with Crippen molar-refractivity contribution in [3.8, 4) is 5.75 Å². The lowest BCUT2D eigenvalue weighted by molar-refractivity contribution is -0.181. The van der Waals surface area contributed by atoms with Crippen molar-refractivity contribution >= 4 is 46.5 Å². The number of phenols is 1. The standard InChI is InChI=1S/C30H41N5O9/c1-7-35(8-2)9-10-44-29(42)32-17-13-18(33(3)4)15-11-14-12-16-22(34(5)6)25(38)21(28(31)41)27(40)30(16,43)26(39)19(14)24(37)20(15)23(17)36/h13-14,16,19,21-22,36,43H,7-12H2,1-6H3,(H2,31,41)(H,32,42)/t14?,16?,19?,21?,22-,30-/m0/s1. The number of primary amides is 1. The van der Waals surface area contributed by atoms with Crippen LogP contribution in [0.2, 0.25) is 0 Å². The summed E-state index contributed by atoms with van der Waals surface area (Å²) in [6.07, 6.45) is -0.813. The molecule has 4 unspecified atom stereocenters. The van der Waals surface area contributed by atoms with E-state index >= 15 is 0 Å². The molecule has 1 aromatic carbocycles. The van der Waals surface area contributed by atoms with Crippen molar-refractivity contribution < 1.29 is 43.7 Å². The van der Waals surface area contributed by atoms with Crippen LogP contribution in [0, 0.1) is 23.7 Å². The van der Waals surface area contributed by atoms with Crippen molar-refractivity contribution in [2.75, 3.05) is 64.6 Å². The number of rotatable bonds is 9. The average Bonchev–Trinajstić information content (AvgIpc) is 2.94. The molecule has 4 rings (SSSR count). The Morgan fingerprint density at radius 3 is 2.27 bits per heavy atom. The molecule has 0 heterocycles. The minimum atomic E-state index is -2.82. The van der Waals surface area contributed by atoms with Gasteiger partial charge in [0.2, 0.25) is 5.91 Å². The minimum absolute atomic E-state index is 0.0591. The van der Waals surface area contributed by atoms with Crippen LogP contribution in [0.5, 0.6) is 5.75 Å². The van der Waals surface area contributed by atoms with Crippen molar-refractivity contribution in [1.82, 2.24) is 9.80 Å². The second kappa shape index (κ2) is 12.3. The Balaban J connectivity index is 1.74. The predicted molar refractivity (Wildman–Crippen MR) is 158 cm³/mol. The van der Waals surface area contributed by atoms with Gasteiger partial charge in [-0.25, -0.2) is 4.79 Å². The number of likely N-dealkylation sites (N-methyl/N-ethyl adjacent to an activating group) is 2. The van der Waals surface area contributed by atoms with Gasteiger partial charge in [0.25, 0.3) is 0 Å². The molecule has 44 heavy (non-hydrogen) atoms. The van der Waals surface area contributed by atoms with Gasteiger partial charge < -0.3 is 30.5 Å². The lowest BCUT2D eigenvalue weighted by Gasteiger charge is -2.52. The normalized spacial score (nSPS) is 28.0. The van der Waals surface area contributed by atoms with Gasteiger partial charge in [-0.15, -0.1) is 0 Å². The number of phenolic OH excluding ortho intramolecular Hbond substituents is 1. The summed E-state index contributed by atoms with van der Waals surface area (Å²) in [4.78, 5) is 84.8. The van der Waals surface area contributed by atoms with Crippen LogP contribution in [0.1, 0.15) is 36.2 Å². The molecule has 2 saturated carbocycles. The SMILES string of the molecule is CCN(CC)CCOC(=O)Nc1cc(N(C)C)c2c(c1O)C(=O)C1C(=O)[C@]3(O)C(=O)C(C(N)=O)C(=O)[C@@H](N(C)C)C3CC1C2. The fourth-order valence-electron chi connectivity index (χ4n) is 7.10. The Morgan fingerprint density at radius 1 is 1.09 bits per heavy atom. The molecule has 14 nitrogen and oxygen atoms in total. The molecule has 2 fully saturated rings. The van der Waals surface area contributed by atoms with Gasteiger partial charge in [-0.3, -0.25) is 34.2 Å². The number of carbonyl (C=O) groups excluding carboxylic acids is 6. The summed E-state index contributed by atoms with van der Waals surface area (Å²) in [6.45, 7) is 6.11. The van der Waals surface area contributed by atoms with Crippen LogP contribution in [-0.4, -0.2) is 121 Å². The third kappa shape index (κ3) is 5.24. The summed E-state index contributed by atoms with van der Waals surface area (Å²) in [5.74, 6) is -11.5. The highest BCUT2D eigenvalue weighted by Crippen LogP contribution is 2.52. The molecule has 6 atom stereocenters. The van der Waals surface area contributed by atoms with Gasteiger partial charge in [0.05, 0.1) is 23.2 Å². The predicted octanol–water partition coefficient (Wildman–Crippen LogP) is -0.177. The summed E-state index contributed by atoms with van der Waals surface area (Å²) < 4.78 is 5.27. The molecule has 2 amide bonds. The van der Waals surface area contributed by atoms with E-state index in [0.717, 1.165) is 13.1 Å². The highest BCUT2D eigenvalue weighted by atomic mass is 16.5. The van der Waals surface area contributed by atoms with E-state index in [0.29, 0.717) is 17.8 Å². The van der Waals surface area contributed by atoms with Crippen LogP contribution < -0.4 is 16.0 Å². The number of nitrogens with one attached hydrogen (secondary N) is 1. The van der Waals surface area contributed by atoms with Crippen molar-refractivity contribution in [2.24, 2.45) is 29.4 Å². The lowest BCUT2D eigenvalue weighted by Crippen LogP contribution is -2.74. The summed E-state index contributed by atoms with van der Waals surface area (Å²) in [5, 5.41) is 25.5. The number of Topliss-reactive ketones (excluding diaryl/α,β-unsaturated/α-hetero) is 4. The van der Waals surface area contributed by atoms with Crippen LogP contribution in [0.3, 0.4) is 0 Å². The first-order valence-electron chi connectivity index (χ1n) is 14.7. The number of hydrogen-bond donors (Lipinski definition) is 4. The van der Waals surface area contributed by atoms with Gasteiger partial charge in [0.1, 0.15) is 12.4 Å². The zero-order valence-corrected chi connectivity index (χ0v) is 25.9. The topological polar surface area (TPSA) is 200 Å². The van der Waals surface area contributed by atoms with E-state index in [1.807, 2.05) is 13.8 Å². The zero-order valence-electron chi connectivity index (χ0n) is 25.9. The Bertz CT molecular complexity index is 1410. The van der Waals surface area contributed by atoms with Crippen molar-refractivity contribution in [1.29, 1.82) is 0 Å². The molecule has 3 aliphatic carbocycles. The quantitative estimate of drug-likeness (QED) is 0.211. The average molecular weight is 616 g/mol. The molecule has 1 aromatic rings. The number of nitrogens with zero attached hydrogens (tertiary/aromatic N) is 3. The van der Waals surface area contributed by atoms with Crippen LogP contribution >= 0.6 is 0 Å². The monoisotopic (exact) mass is 615 g/mol. The Hall–Kier alpha value is -3.88. The number of anilines is 2. The maximum Gasteiger partial charge on any atom is 0.411 e. The fraction of sp³-hybridized carbons (Fsp3) is 0.600.